The fourth-order valence-electron chi connectivity index (χ4n) is 2.08. The van der Waals surface area contributed by atoms with Gasteiger partial charge in [-0.3, -0.25) is 4.79 Å². The van der Waals surface area contributed by atoms with Crippen molar-refractivity contribution in [1.82, 2.24) is 0 Å². The molecule has 0 spiro atoms. The van der Waals surface area contributed by atoms with Crippen LogP contribution in [0.1, 0.15) is 12.5 Å². The third kappa shape index (κ3) is 4.64. The molecule has 0 aliphatic heterocycles. The summed E-state index contributed by atoms with van der Waals surface area (Å²) >= 11 is 3.41. The van der Waals surface area contributed by atoms with E-state index >= 15 is 0 Å². The Morgan fingerprint density at radius 2 is 1.77 bits per heavy atom. The smallest absolute Gasteiger partial charge is 0.282 e. The fourth-order valence-corrected chi connectivity index (χ4v) is 2.35. The summed E-state index contributed by atoms with van der Waals surface area (Å²) in [6.45, 7) is 2.64. The van der Waals surface area contributed by atoms with Gasteiger partial charge in [0.2, 0.25) is 0 Å². The van der Waals surface area contributed by atoms with Crippen LogP contribution in [0.2, 0.25) is 0 Å². The number of likely N-dealkylation sites (N-methyl/N-ethyl adjacent to an activating group) is 1. The number of hydrogen-bond acceptors (Lipinski definition) is 1. The van der Waals surface area contributed by atoms with Crippen LogP contribution in [-0.2, 0) is 11.3 Å². The largest absolute Gasteiger partial charge is 0.324 e. The lowest BCUT2D eigenvalue weighted by molar-refractivity contribution is -0.907. The molecular formula is C17H19BrFN2O+. The Labute approximate surface area is 138 Å². The summed E-state index contributed by atoms with van der Waals surface area (Å²) in [6.07, 6.45) is 0. The molecule has 0 aromatic heterocycles. The molecule has 0 radical (unpaired) electrons. The number of hydrogen-bond donors (Lipinski definition) is 2. The van der Waals surface area contributed by atoms with E-state index in [0.717, 1.165) is 15.9 Å². The number of anilines is 1. The third-order valence-electron chi connectivity index (χ3n) is 3.64. The van der Waals surface area contributed by atoms with Crippen molar-refractivity contribution in [3.8, 4) is 0 Å². The second-order valence-electron chi connectivity index (χ2n) is 5.37. The Bertz CT molecular complexity index is 628. The molecule has 0 saturated carbocycles. The summed E-state index contributed by atoms with van der Waals surface area (Å²) in [6, 6.07) is 13.6. The Kier molecular flexibility index (Phi) is 5.69. The van der Waals surface area contributed by atoms with Gasteiger partial charge < -0.3 is 10.2 Å². The molecule has 2 aromatic rings. The van der Waals surface area contributed by atoms with Gasteiger partial charge >= 0.3 is 0 Å². The highest BCUT2D eigenvalue weighted by atomic mass is 79.9. The summed E-state index contributed by atoms with van der Waals surface area (Å²) in [4.78, 5) is 13.3. The quantitative estimate of drug-likeness (QED) is 0.838. The van der Waals surface area contributed by atoms with E-state index < -0.39 is 0 Å². The van der Waals surface area contributed by atoms with Crippen molar-refractivity contribution < 1.29 is 14.1 Å². The van der Waals surface area contributed by atoms with Crippen LogP contribution in [0.4, 0.5) is 10.1 Å². The Morgan fingerprint density at radius 1 is 1.18 bits per heavy atom. The molecule has 0 bridgehead atoms. The lowest BCUT2D eigenvalue weighted by Crippen LogP contribution is -3.12. The Balaban J connectivity index is 1.94. The van der Waals surface area contributed by atoms with Crippen LogP contribution in [0.25, 0.3) is 0 Å². The maximum absolute atomic E-state index is 12.9. The molecule has 0 aliphatic rings. The molecule has 116 valence electrons. The maximum Gasteiger partial charge on any atom is 0.282 e. The normalized spacial score (nSPS) is 13.5. The van der Waals surface area contributed by atoms with Crippen molar-refractivity contribution in [3.05, 3.63) is 64.4 Å². The number of carbonyl (C=O) groups is 1. The minimum atomic E-state index is -0.316. The third-order valence-corrected chi connectivity index (χ3v) is 4.17. The van der Waals surface area contributed by atoms with Crippen molar-refractivity contribution in [2.75, 3.05) is 12.4 Å². The van der Waals surface area contributed by atoms with Crippen LogP contribution in [0.15, 0.2) is 53.0 Å². The molecule has 1 amide bonds. The van der Waals surface area contributed by atoms with Crippen molar-refractivity contribution in [2.24, 2.45) is 0 Å². The summed E-state index contributed by atoms with van der Waals surface area (Å²) in [7, 11) is 1.98. The minimum Gasteiger partial charge on any atom is -0.324 e. The summed E-state index contributed by atoms with van der Waals surface area (Å²) in [5.74, 6) is -0.398. The van der Waals surface area contributed by atoms with E-state index in [-0.39, 0.29) is 17.8 Å². The summed E-state index contributed by atoms with van der Waals surface area (Å²) in [5, 5.41) is 2.81. The molecule has 0 heterocycles. The van der Waals surface area contributed by atoms with E-state index in [1.807, 2.05) is 38.2 Å². The predicted molar refractivity (Wildman–Crippen MR) is 89.2 cm³/mol. The van der Waals surface area contributed by atoms with Gasteiger partial charge in [0.1, 0.15) is 12.4 Å². The van der Waals surface area contributed by atoms with Gasteiger partial charge in [0.15, 0.2) is 6.04 Å². The Hall–Kier alpha value is -1.72. The first-order chi connectivity index (χ1) is 10.5. The van der Waals surface area contributed by atoms with Crippen LogP contribution in [0.3, 0.4) is 0 Å². The summed E-state index contributed by atoms with van der Waals surface area (Å²) in [5.41, 5.74) is 1.77. The second-order valence-corrected chi connectivity index (χ2v) is 6.28. The van der Waals surface area contributed by atoms with Gasteiger partial charge in [-0.1, -0.05) is 28.1 Å². The number of rotatable bonds is 5. The Morgan fingerprint density at radius 3 is 2.36 bits per heavy atom. The molecule has 22 heavy (non-hydrogen) atoms. The average molecular weight is 366 g/mol. The standard InChI is InChI=1S/C17H18BrFN2O/c1-12(17(22)20-16-9-7-15(19)8-10-16)21(2)11-13-3-5-14(18)6-4-13/h3-10,12H,11H2,1-2H3,(H,20,22)/p+1/t12-/m0/s1. The fraction of sp³-hybridized carbons (Fsp3) is 0.235. The van der Waals surface area contributed by atoms with Crippen LogP contribution in [-0.4, -0.2) is 19.0 Å². The van der Waals surface area contributed by atoms with Gasteiger partial charge in [0, 0.05) is 15.7 Å². The molecule has 2 N–H and O–H groups in total. The van der Waals surface area contributed by atoms with Crippen molar-refractivity contribution in [3.63, 3.8) is 0 Å². The molecule has 0 aliphatic carbocycles. The molecule has 2 aromatic carbocycles. The van der Waals surface area contributed by atoms with E-state index in [1.54, 1.807) is 12.1 Å². The molecule has 2 rings (SSSR count). The minimum absolute atomic E-state index is 0.0822. The molecule has 2 atom stereocenters. The lowest BCUT2D eigenvalue weighted by Gasteiger charge is -2.21. The van der Waals surface area contributed by atoms with E-state index in [4.69, 9.17) is 0 Å². The first-order valence-corrected chi connectivity index (χ1v) is 7.88. The van der Waals surface area contributed by atoms with E-state index in [9.17, 15) is 9.18 Å². The molecule has 0 fully saturated rings. The molecule has 1 unspecified atom stereocenters. The number of halogens is 2. The van der Waals surface area contributed by atoms with Gasteiger partial charge in [0.05, 0.1) is 7.05 Å². The van der Waals surface area contributed by atoms with Crippen molar-refractivity contribution >= 4 is 27.5 Å². The zero-order chi connectivity index (χ0) is 16.1. The first kappa shape index (κ1) is 16.6. The number of carbonyl (C=O) groups excluding carboxylic acids is 1. The van der Waals surface area contributed by atoms with E-state index in [0.29, 0.717) is 5.69 Å². The number of amides is 1. The van der Waals surface area contributed by atoms with Gasteiger partial charge in [-0.25, -0.2) is 4.39 Å². The number of nitrogens with one attached hydrogen (secondary N) is 2. The number of quaternary nitrogens is 1. The molecule has 5 heteroatoms. The second kappa shape index (κ2) is 7.51. The summed E-state index contributed by atoms with van der Waals surface area (Å²) < 4.78 is 13.9. The molecule has 0 saturated heterocycles. The van der Waals surface area contributed by atoms with Gasteiger partial charge in [0.25, 0.3) is 5.91 Å². The van der Waals surface area contributed by atoms with E-state index in [2.05, 4.69) is 21.2 Å². The van der Waals surface area contributed by atoms with Gasteiger partial charge in [-0.05, 0) is 43.3 Å². The van der Waals surface area contributed by atoms with Crippen LogP contribution < -0.4 is 10.2 Å². The lowest BCUT2D eigenvalue weighted by atomic mass is 10.2. The zero-order valence-corrected chi connectivity index (χ0v) is 14.2. The van der Waals surface area contributed by atoms with Gasteiger partial charge in [-0.15, -0.1) is 0 Å². The van der Waals surface area contributed by atoms with Crippen molar-refractivity contribution in [2.45, 2.75) is 19.5 Å². The monoisotopic (exact) mass is 365 g/mol. The molecule has 3 nitrogen and oxygen atoms in total. The van der Waals surface area contributed by atoms with Crippen LogP contribution in [0.5, 0.6) is 0 Å². The SMILES string of the molecule is C[C@@H](C(=O)Nc1ccc(F)cc1)[NH+](C)Cc1ccc(Br)cc1. The van der Waals surface area contributed by atoms with Crippen LogP contribution >= 0.6 is 15.9 Å². The highest BCUT2D eigenvalue weighted by Gasteiger charge is 2.22. The first-order valence-electron chi connectivity index (χ1n) is 7.09. The molecular weight excluding hydrogens is 347 g/mol. The van der Waals surface area contributed by atoms with E-state index in [1.165, 1.54) is 17.7 Å². The highest BCUT2D eigenvalue weighted by molar-refractivity contribution is 9.10. The predicted octanol–water partition coefficient (Wildman–Crippen LogP) is 2.63. The number of benzene rings is 2. The highest BCUT2D eigenvalue weighted by Crippen LogP contribution is 2.10. The average Bonchev–Trinajstić information content (AvgIpc) is 2.51. The van der Waals surface area contributed by atoms with Crippen molar-refractivity contribution in [1.29, 1.82) is 0 Å². The van der Waals surface area contributed by atoms with Crippen LogP contribution in [0, 0.1) is 5.82 Å². The van der Waals surface area contributed by atoms with Gasteiger partial charge in [-0.2, -0.15) is 0 Å². The topological polar surface area (TPSA) is 33.5 Å². The zero-order valence-electron chi connectivity index (χ0n) is 12.6. The maximum atomic E-state index is 12.9.